The van der Waals surface area contributed by atoms with Gasteiger partial charge in [-0.25, -0.2) is 14.2 Å². The minimum absolute atomic E-state index is 0.155. The van der Waals surface area contributed by atoms with Crippen LogP contribution in [-0.2, 0) is 16.0 Å². The average Bonchev–Trinajstić information content (AvgIpc) is 3.11. The van der Waals surface area contributed by atoms with Crippen LogP contribution >= 0.6 is 0 Å². The van der Waals surface area contributed by atoms with Crippen molar-refractivity contribution in [1.82, 2.24) is 25.9 Å². The normalized spacial score (nSPS) is 16.8. The Kier molecular flexibility index (Phi) is 4.92. The van der Waals surface area contributed by atoms with Gasteiger partial charge >= 0.3 is 6.03 Å². The van der Waals surface area contributed by atoms with E-state index in [0.29, 0.717) is 30.4 Å². The van der Waals surface area contributed by atoms with Crippen molar-refractivity contribution in [2.24, 2.45) is 0 Å². The van der Waals surface area contributed by atoms with E-state index < -0.39 is 18.0 Å². The maximum absolute atomic E-state index is 13.1. The molecule has 0 spiro atoms. The number of rotatable bonds is 7. The Morgan fingerprint density at radius 1 is 1.32 bits per heavy atom. The molecule has 1 saturated heterocycles. The van der Waals surface area contributed by atoms with Crippen LogP contribution in [0.5, 0.6) is 0 Å². The minimum atomic E-state index is -0.644. The van der Waals surface area contributed by atoms with E-state index in [1.807, 2.05) is 0 Å². The van der Waals surface area contributed by atoms with Gasteiger partial charge in [-0.3, -0.25) is 14.9 Å². The molecule has 1 aromatic heterocycles. The van der Waals surface area contributed by atoms with Crippen molar-refractivity contribution < 1.29 is 18.8 Å². The molecule has 2 heterocycles. The third-order valence-corrected chi connectivity index (χ3v) is 3.92. The average molecular weight is 347 g/mol. The minimum Gasteiger partial charge on any atom is -0.356 e. The summed E-state index contributed by atoms with van der Waals surface area (Å²) in [6, 6.07) is 3.20. The summed E-state index contributed by atoms with van der Waals surface area (Å²) in [6.45, 7) is 0.466. The molecule has 0 saturated carbocycles. The number of hydrogen-bond acceptors (Lipinski definition) is 4. The first-order chi connectivity index (χ1) is 12.0. The van der Waals surface area contributed by atoms with Gasteiger partial charge < -0.3 is 15.6 Å². The van der Waals surface area contributed by atoms with Gasteiger partial charge in [-0.05, 0) is 31.0 Å². The molecule has 9 heteroatoms. The maximum atomic E-state index is 13.1. The van der Waals surface area contributed by atoms with Crippen LogP contribution in [0.15, 0.2) is 18.2 Å². The number of halogens is 1. The molecule has 2 aromatic rings. The Labute approximate surface area is 142 Å². The Morgan fingerprint density at radius 3 is 2.92 bits per heavy atom. The van der Waals surface area contributed by atoms with Crippen LogP contribution in [0.3, 0.4) is 0 Å². The number of fused-ring (bicyclic) bond motifs is 1. The molecule has 0 aliphatic carbocycles. The van der Waals surface area contributed by atoms with Crippen molar-refractivity contribution in [3.63, 3.8) is 0 Å². The van der Waals surface area contributed by atoms with Crippen LogP contribution in [0.4, 0.5) is 9.18 Å². The predicted octanol–water partition coefficient (Wildman–Crippen LogP) is 0.739. The third-order valence-electron chi connectivity index (χ3n) is 3.92. The van der Waals surface area contributed by atoms with Gasteiger partial charge in [-0.1, -0.05) is 0 Å². The molecule has 1 aliphatic rings. The quantitative estimate of drug-likeness (QED) is 0.437. The lowest BCUT2D eigenvalue weighted by atomic mass is 10.1. The summed E-state index contributed by atoms with van der Waals surface area (Å²) in [5.41, 5.74) is 1.35. The van der Waals surface area contributed by atoms with Crippen molar-refractivity contribution in [2.45, 2.75) is 31.7 Å². The molecule has 1 unspecified atom stereocenters. The maximum Gasteiger partial charge on any atom is 0.322 e. The van der Waals surface area contributed by atoms with Gasteiger partial charge in [-0.2, -0.15) is 0 Å². The topological polar surface area (TPSA) is 116 Å². The number of aryl methyl sites for hydroxylation is 1. The van der Waals surface area contributed by atoms with E-state index in [1.54, 1.807) is 6.07 Å². The summed E-state index contributed by atoms with van der Waals surface area (Å²) in [7, 11) is 0. The second-order valence-corrected chi connectivity index (χ2v) is 5.85. The van der Waals surface area contributed by atoms with Gasteiger partial charge in [0.15, 0.2) is 0 Å². The lowest BCUT2D eigenvalue weighted by molar-refractivity contribution is -0.122. The number of carbonyl (C=O) groups excluding carboxylic acids is 3. The molecule has 1 aromatic carbocycles. The Balaban J connectivity index is 1.36. The number of urea groups is 1. The number of nitrogens with zero attached hydrogens (tertiary/aromatic N) is 1. The van der Waals surface area contributed by atoms with Crippen LogP contribution < -0.4 is 16.0 Å². The highest BCUT2D eigenvalue weighted by atomic mass is 19.1. The van der Waals surface area contributed by atoms with Crippen molar-refractivity contribution in [3.8, 4) is 0 Å². The molecule has 1 aliphatic heterocycles. The predicted molar refractivity (Wildman–Crippen MR) is 87.1 cm³/mol. The van der Waals surface area contributed by atoms with Crippen molar-refractivity contribution in [3.05, 3.63) is 29.8 Å². The molecule has 132 valence electrons. The highest BCUT2D eigenvalue weighted by Crippen LogP contribution is 2.13. The fraction of sp³-hybridized carbons (Fsp3) is 0.375. The summed E-state index contributed by atoms with van der Waals surface area (Å²) in [5.74, 6) is -0.165. The van der Waals surface area contributed by atoms with Crippen LogP contribution in [0.2, 0.25) is 0 Å². The lowest BCUT2D eigenvalue weighted by Gasteiger charge is -2.07. The smallest absolute Gasteiger partial charge is 0.322 e. The van der Waals surface area contributed by atoms with E-state index >= 15 is 0 Å². The first kappa shape index (κ1) is 16.9. The van der Waals surface area contributed by atoms with Gasteiger partial charge in [0.1, 0.15) is 17.7 Å². The number of imide groups is 1. The number of aromatic nitrogens is 2. The highest BCUT2D eigenvalue weighted by molar-refractivity contribution is 6.04. The fourth-order valence-electron chi connectivity index (χ4n) is 2.66. The first-order valence-corrected chi connectivity index (χ1v) is 8.03. The number of imidazole rings is 1. The number of nitrogens with one attached hydrogen (secondary N) is 4. The van der Waals surface area contributed by atoms with Crippen LogP contribution in [0.1, 0.15) is 25.1 Å². The van der Waals surface area contributed by atoms with E-state index in [1.165, 1.54) is 12.1 Å². The monoisotopic (exact) mass is 347 g/mol. The van der Waals surface area contributed by atoms with Gasteiger partial charge in [-0.15, -0.1) is 0 Å². The molecule has 4 amide bonds. The van der Waals surface area contributed by atoms with E-state index in [4.69, 9.17) is 0 Å². The number of aromatic amines is 1. The largest absolute Gasteiger partial charge is 0.356 e. The molecule has 0 bridgehead atoms. The summed E-state index contributed by atoms with van der Waals surface area (Å²) in [4.78, 5) is 41.5. The molecule has 0 radical (unpaired) electrons. The second-order valence-electron chi connectivity index (χ2n) is 5.85. The molecule has 1 atom stereocenters. The van der Waals surface area contributed by atoms with Crippen molar-refractivity contribution in [1.29, 1.82) is 0 Å². The van der Waals surface area contributed by atoms with E-state index in [2.05, 4.69) is 25.9 Å². The van der Waals surface area contributed by atoms with Gasteiger partial charge in [0.05, 0.1) is 11.0 Å². The highest BCUT2D eigenvalue weighted by Gasteiger charge is 2.29. The van der Waals surface area contributed by atoms with Gasteiger partial charge in [0.25, 0.3) is 5.91 Å². The van der Waals surface area contributed by atoms with Gasteiger partial charge in [0.2, 0.25) is 5.91 Å². The zero-order valence-corrected chi connectivity index (χ0v) is 13.4. The molecular formula is C16H18FN5O3. The van der Waals surface area contributed by atoms with Gasteiger partial charge in [0, 0.05) is 19.4 Å². The van der Waals surface area contributed by atoms with E-state index in [0.717, 1.165) is 5.82 Å². The number of hydrogen-bond donors (Lipinski definition) is 4. The zero-order chi connectivity index (χ0) is 17.8. The summed E-state index contributed by atoms with van der Waals surface area (Å²) >= 11 is 0. The van der Waals surface area contributed by atoms with Crippen molar-refractivity contribution in [2.75, 3.05) is 6.54 Å². The lowest BCUT2D eigenvalue weighted by Crippen LogP contribution is -2.32. The Morgan fingerprint density at radius 2 is 2.16 bits per heavy atom. The summed E-state index contributed by atoms with van der Waals surface area (Å²) < 4.78 is 13.1. The Bertz CT molecular complexity index is 819. The summed E-state index contributed by atoms with van der Waals surface area (Å²) in [6.07, 6.45) is 1.72. The number of benzene rings is 1. The van der Waals surface area contributed by atoms with Crippen LogP contribution in [0, 0.1) is 5.82 Å². The molecular weight excluding hydrogens is 329 g/mol. The van der Waals surface area contributed by atoms with E-state index in [9.17, 15) is 18.8 Å². The Hall–Kier alpha value is -2.97. The molecule has 1 fully saturated rings. The first-order valence-electron chi connectivity index (χ1n) is 8.03. The number of amides is 4. The second kappa shape index (κ2) is 7.29. The zero-order valence-electron chi connectivity index (χ0n) is 13.4. The third kappa shape index (κ3) is 4.31. The SMILES string of the molecule is O=C(CCC1NC(=O)NC1=O)NCCCc1nc2ccc(F)cc2[nH]1. The van der Waals surface area contributed by atoms with Crippen LogP contribution in [0.25, 0.3) is 11.0 Å². The summed E-state index contributed by atoms with van der Waals surface area (Å²) in [5, 5.41) is 7.33. The molecule has 8 nitrogen and oxygen atoms in total. The fourth-order valence-corrected chi connectivity index (χ4v) is 2.66. The molecule has 3 rings (SSSR count). The van der Waals surface area contributed by atoms with E-state index in [-0.39, 0.29) is 24.6 Å². The molecule has 4 N–H and O–H groups in total. The van der Waals surface area contributed by atoms with Crippen LogP contribution in [-0.4, -0.2) is 40.4 Å². The standard InChI is InChI=1S/C16H18FN5O3/c17-9-3-4-10-12(8-9)20-13(19-10)2-1-7-18-14(23)6-5-11-15(24)22-16(25)21-11/h3-4,8,11H,1-2,5-7H2,(H,18,23)(H,19,20)(H2,21,22,24,25). The number of H-pyrrole nitrogens is 1. The number of carbonyl (C=O) groups is 3. The molecule has 25 heavy (non-hydrogen) atoms. The van der Waals surface area contributed by atoms with Crippen molar-refractivity contribution >= 4 is 28.9 Å².